The summed E-state index contributed by atoms with van der Waals surface area (Å²) in [5.74, 6) is -0.0883. The molecule has 0 unspecified atom stereocenters. The first-order valence-electron chi connectivity index (χ1n) is 9.15. The lowest BCUT2D eigenvalue weighted by Crippen LogP contribution is -2.25. The van der Waals surface area contributed by atoms with Crippen molar-refractivity contribution >= 4 is 39.8 Å². The number of aromatic nitrogens is 1. The molecule has 1 amide bonds. The fourth-order valence-electron chi connectivity index (χ4n) is 3.20. The number of amides is 1. The molecule has 0 aliphatic rings. The van der Waals surface area contributed by atoms with Crippen LogP contribution in [0.25, 0.3) is 10.9 Å². The Labute approximate surface area is 168 Å². The number of fused-ring (bicyclic) bond motifs is 1. The highest BCUT2D eigenvalue weighted by Crippen LogP contribution is 2.22. The molecule has 4 rings (SSSR count). The molecular weight excluding hydrogens is 370 g/mol. The monoisotopic (exact) mass is 389 g/mol. The molecule has 0 fully saturated rings. The molecule has 0 aliphatic carbocycles. The summed E-state index contributed by atoms with van der Waals surface area (Å²) >= 11 is 6.10. The van der Waals surface area contributed by atoms with Gasteiger partial charge in [-0.15, -0.1) is 0 Å². The number of aromatic amines is 1. The van der Waals surface area contributed by atoms with Gasteiger partial charge in [0.2, 0.25) is 0 Å². The van der Waals surface area contributed by atoms with Gasteiger partial charge in [0, 0.05) is 45.6 Å². The Morgan fingerprint density at radius 2 is 1.75 bits per heavy atom. The van der Waals surface area contributed by atoms with E-state index in [1.165, 1.54) is 0 Å². The van der Waals surface area contributed by atoms with Crippen molar-refractivity contribution in [2.24, 2.45) is 0 Å². The normalized spacial score (nSPS) is 10.8. The van der Waals surface area contributed by atoms with Gasteiger partial charge in [-0.2, -0.15) is 0 Å². The van der Waals surface area contributed by atoms with Crippen LogP contribution in [0, 0.1) is 0 Å². The van der Waals surface area contributed by atoms with Crippen LogP contribution in [0.2, 0.25) is 5.02 Å². The van der Waals surface area contributed by atoms with Crippen molar-refractivity contribution in [1.82, 2.24) is 10.3 Å². The van der Waals surface area contributed by atoms with E-state index >= 15 is 0 Å². The van der Waals surface area contributed by atoms with Crippen molar-refractivity contribution in [3.63, 3.8) is 0 Å². The number of carbonyl (C=O) groups excluding carboxylic acids is 1. The minimum Gasteiger partial charge on any atom is -0.361 e. The quantitative estimate of drug-likeness (QED) is 0.405. The van der Waals surface area contributed by atoms with Gasteiger partial charge in [0.15, 0.2) is 0 Å². The van der Waals surface area contributed by atoms with Crippen molar-refractivity contribution in [3.05, 3.63) is 95.1 Å². The van der Waals surface area contributed by atoms with Crippen molar-refractivity contribution in [1.29, 1.82) is 0 Å². The molecule has 0 bridgehead atoms. The molecule has 0 atom stereocenters. The molecule has 4 aromatic rings. The Kier molecular flexibility index (Phi) is 5.31. The first-order chi connectivity index (χ1) is 13.7. The van der Waals surface area contributed by atoms with E-state index in [4.69, 9.17) is 11.6 Å². The average molecular weight is 390 g/mol. The summed E-state index contributed by atoms with van der Waals surface area (Å²) < 4.78 is 0. The Balaban J connectivity index is 1.38. The Hall–Kier alpha value is -3.24. The molecule has 1 heterocycles. The third kappa shape index (κ3) is 4.18. The Morgan fingerprint density at radius 3 is 2.61 bits per heavy atom. The van der Waals surface area contributed by atoms with Crippen LogP contribution in [-0.4, -0.2) is 17.4 Å². The number of halogens is 1. The molecular formula is C23H20ClN3O. The maximum Gasteiger partial charge on any atom is 0.251 e. The summed E-state index contributed by atoms with van der Waals surface area (Å²) in [5.41, 5.74) is 4.67. The number of carbonyl (C=O) groups is 1. The fourth-order valence-corrected chi connectivity index (χ4v) is 3.37. The van der Waals surface area contributed by atoms with Crippen LogP contribution in [0.5, 0.6) is 0 Å². The second-order valence-electron chi connectivity index (χ2n) is 6.58. The number of H-pyrrole nitrogens is 1. The van der Waals surface area contributed by atoms with Gasteiger partial charge in [0.25, 0.3) is 5.91 Å². The van der Waals surface area contributed by atoms with Gasteiger partial charge in [-0.25, -0.2) is 0 Å². The van der Waals surface area contributed by atoms with E-state index in [0.717, 1.165) is 34.3 Å². The maximum atomic E-state index is 12.5. The summed E-state index contributed by atoms with van der Waals surface area (Å²) in [6.45, 7) is 0.550. The lowest BCUT2D eigenvalue weighted by molar-refractivity contribution is 0.0954. The Morgan fingerprint density at radius 1 is 0.929 bits per heavy atom. The first-order valence-corrected chi connectivity index (χ1v) is 9.53. The molecule has 0 aliphatic heterocycles. The van der Waals surface area contributed by atoms with Crippen LogP contribution in [0.4, 0.5) is 11.4 Å². The van der Waals surface area contributed by atoms with Gasteiger partial charge >= 0.3 is 0 Å². The smallest absolute Gasteiger partial charge is 0.251 e. The van der Waals surface area contributed by atoms with Crippen LogP contribution in [0.3, 0.4) is 0 Å². The number of nitrogens with one attached hydrogen (secondary N) is 3. The molecule has 140 valence electrons. The van der Waals surface area contributed by atoms with Gasteiger partial charge in [0.1, 0.15) is 0 Å². The molecule has 3 N–H and O–H groups in total. The third-order valence-corrected chi connectivity index (χ3v) is 4.83. The minimum absolute atomic E-state index is 0.0883. The molecule has 0 radical (unpaired) electrons. The standard InChI is InChI=1S/C23H20ClN3O/c24-18-9-10-22-21(14-18)17(15-26-22)11-12-25-23(28)16-5-4-8-20(13-16)27-19-6-2-1-3-7-19/h1-10,13-15,26-27H,11-12H2,(H,25,28). The van der Waals surface area contributed by atoms with E-state index in [1.54, 1.807) is 0 Å². The van der Waals surface area contributed by atoms with Gasteiger partial charge in [-0.3, -0.25) is 4.79 Å². The van der Waals surface area contributed by atoms with Crippen molar-refractivity contribution in [3.8, 4) is 0 Å². The lowest BCUT2D eigenvalue weighted by Gasteiger charge is -2.09. The van der Waals surface area contributed by atoms with Gasteiger partial charge < -0.3 is 15.6 Å². The minimum atomic E-state index is -0.0883. The molecule has 28 heavy (non-hydrogen) atoms. The van der Waals surface area contributed by atoms with Crippen molar-refractivity contribution in [2.75, 3.05) is 11.9 Å². The molecule has 1 aromatic heterocycles. The third-order valence-electron chi connectivity index (χ3n) is 4.60. The lowest BCUT2D eigenvalue weighted by atomic mass is 10.1. The summed E-state index contributed by atoms with van der Waals surface area (Å²) in [5, 5.41) is 8.10. The second-order valence-corrected chi connectivity index (χ2v) is 7.02. The number of anilines is 2. The van der Waals surface area contributed by atoms with Gasteiger partial charge in [-0.05, 0) is 60.5 Å². The van der Waals surface area contributed by atoms with Gasteiger partial charge in [0.05, 0.1) is 0 Å². The first kappa shape index (κ1) is 18.1. The van der Waals surface area contributed by atoms with Crippen LogP contribution in [-0.2, 0) is 6.42 Å². The highest BCUT2D eigenvalue weighted by Gasteiger charge is 2.08. The van der Waals surface area contributed by atoms with Crippen LogP contribution in [0.15, 0.2) is 79.0 Å². The predicted octanol–water partition coefficient (Wildman–Crippen LogP) is 5.54. The van der Waals surface area contributed by atoms with Crippen molar-refractivity contribution < 1.29 is 4.79 Å². The highest BCUT2D eigenvalue weighted by atomic mass is 35.5. The zero-order valence-corrected chi connectivity index (χ0v) is 16.0. The number of hydrogen-bond acceptors (Lipinski definition) is 2. The van der Waals surface area contributed by atoms with E-state index in [1.807, 2.05) is 79.0 Å². The summed E-state index contributed by atoms with van der Waals surface area (Å²) in [4.78, 5) is 15.8. The largest absolute Gasteiger partial charge is 0.361 e. The number of rotatable bonds is 6. The fraction of sp³-hybridized carbons (Fsp3) is 0.0870. The maximum absolute atomic E-state index is 12.5. The van der Waals surface area contributed by atoms with E-state index in [-0.39, 0.29) is 5.91 Å². The molecule has 0 saturated heterocycles. The highest BCUT2D eigenvalue weighted by molar-refractivity contribution is 6.31. The summed E-state index contributed by atoms with van der Waals surface area (Å²) in [6.07, 6.45) is 2.70. The molecule has 5 heteroatoms. The summed E-state index contributed by atoms with van der Waals surface area (Å²) in [6, 6.07) is 23.1. The summed E-state index contributed by atoms with van der Waals surface area (Å²) in [7, 11) is 0. The predicted molar refractivity (Wildman–Crippen MR) is 116 cm³/mol. The molecule has 0 spiro atoms. The second kappa shape index (κ2) is 8.19. The van der Waals surface area contributed by atoms with Gasteiger partial charge in [-0.1, -0.05) is 35.9 Å². The Bertz CT molecular complexity index is 1110. The van der Waals surface area contributed by atoms with Crippen LogP contribution < -0.4 is 10.6 Å². The molecule has 0 saturated carbocycles. The van der Waals surface area contributed by atoms with Crippen LogP contribution >= 0.6 is 11.6 Å². The zero-order chi connectivity index (χ0) is 19.3. The van der Waals surface area contributed by atoms with Crippen molar-refractivity contribution in [2.45, 2.75) is 6.42 Å². The van der Waals surface area contributed by atoms with E-state index in [2.05, 4.69) is 15.6 Å². The SMILES string of the molecule is O=C(NCCc1c[nH]c2ccc(Cl)cc12)c1cccc(Nc2ccccc2)c1. The number of hydrogen-bond donors (Lipinski definition) is 3. The van der Waals surface area contributed by atoms with E-state index in [9.17, 15) is 4.79 Å². The zero-order valence-electron chi connectivity index (χ0n) is 15.2. The van der Waals surface area contributed by atoms with E-state index in [0.29, 0.717) is 17.1 Å². The number of para-hydroxylation sites is 1. The van der Waals surface area contributed by atoms with Crippen LogP contribution in [0.1, 0.15) is 15.9 Å². The average Bonchev–Trinajstić information content (AvgIpc) is 3.11. The molecule has 3 aromatic carbocycles. The number of benzene rings is 3. The van der Waals surface area contributed by atoms with E-state index < -0.39 is 0 Å². The molecule has 4 nitrogen and oxygen atoms in total. The topological polar surface area (TPSA) is 56.9 Å².